The van der Waals surface area contributed by atoms with Gasteiger partial charge in [0.25, 0.3) is 11.5 Å². The van der Waals surface area contributed by atoms with Crippen LogP contribution in [0.25, 0.3) is 11.3 Å². The lowest BCUT2D eigenvalue weighted by Gasteiger charge is -2.10. The van der Waals surface area contributed by atoms with Gasteiger partial charge >= 0.3 is 6.09 Å². The van der Waals surface area contributed by atoms with E-state index in [0.29, 0.717) is 42.0 Å². The van der Waals surface area contributed by atoms with Crippen LogP contribution in [-0.4, -0.2) is 41.5 Å². The van der Waals surface area contributed by atoms with E-state index in [0.717, 1.165) is 5.56 Å². The van der Waals surface area contributed by atoms with Crippen LogP contribution in [0.1, 0.15) is 29.3 Å². The zero-order chi connectivity index (χ0) is 23.6. The highest BCUT2D eigenvalue weighted by atomic mass is 16.5. The molecule has 0 atom stereocenters. The van der Waals surface area contributed by atoms with Crippen LogP contribution < -0.4 is 21.9 Å². The molecule has 9 nitrogen and oxygen atoms in total. The molecule has 0 spiro atoms. The maximum absolute atomic E-state index is 12.4. The first-order valence-corrected chi connectivity index (χ1v) is 10.7. The Kier molecular flexibility index (Phi) is 8.31. The minimum absolute atomic E-state index is 0.190. The topological polar surface area (TPSA) is 128 Å². The van der Waals surface area contributed by atoms with Gasteiger partial charge in [0.2, 0.25) is 0 Å². The Labute approximate surface area is 191 Å². The van der Waals surface area contributed by atoms with Crippen molar-refractivity contribution in [3.8, 4) is 11.3 Å². The first-order chi connectivity index (χ1) is 16.0. The normalized spacial score (nSPS) is 10.5. The van der Waals surface area contributed by atoms with E-state index in [4.69, 9.17) is 10.5 Å². The Morgan fingerprint density at radius 1 is 1.09 bits per heavy atom. The summed E-state index contributed by atoms with van der Waals surface area (Å²) in [6.45, 7) is 3.23. The molecule has 0 saturated carbocycles. The lowest BCUT2D eigenvalue weighted by Crippen LogP contribution is -2.26. The van der Waals surface area contributed by atoms with Crippen molar-refractivity contribution in [2.45, 2.75) is 19.9 Å². The first kappa shape index (κ1) is 23.7. The number of aromatic nitrogens is 2. The summed E-state index contributed by atoms with van der Waals surface area (Å²) in [4.78, 5) is 36.4. The molecule has 0 fully saturated rings. The van der Waals surface area contributed by atoms with E-state index in [-0.39, 0.29) is 24.6 Å². The SMILES string of the molecule is CCOC(=O)Nc1cccc(Cn2nc(-c3cccc(C(=O)NCCCN)c3)ccc2=O)c1. The predicted octanol–water partition coefficient (Wildman–Crippen LogP) is 2.61. The van der Waals surface area contributed by atoms with Gasteiger partial charge < -0.3 is 15.8 Å². The highest BCUT2D eigenvalue weighted by molar-refractivity contribution is 5.95. The van der Waals surface area contributed by atoms with Crippen molar-refractivity contribution < 1.29 is 14.3 Å². The maximum atomic E-state index is 12.4. The first-order valence-electron chi connectivity index (χ1n) is 10.7. The second-order valence-corrected chi connectivity index (χ2v) is 7.24. The smallest absolute Gasteiger partial charge is 0.411 e. The average Bonchev–Trinajstić information content (AvgIpc) is 2.81. The summed E-state index contributed by atoms with van der Waals surface area (Å²) >= 11 is 0. The molecule has 0 saturated heterocycles. The van der Waals surface area contributed by atoms with Gasteiger partial charge in [0.1, 0.15) is 0 Å². The van der Waals surface area contributed by atoms with Gasteiger partial charge in [-0.2, -0.15) is 5.10 Å². The van der Waals surface area contributed by atoms with E-state index in [1.807, 2.05) is 12.1 Å². The maximum Gasteiger partial charge on any atom is 0.411 e. The Balaban J connectivity index is 1.79. The lowest BCUT2D eigenvalue weighted by molar-refractivity contribution is 0.0953. The van der Waals surface area contributed by atoms with Crippen LogP contribution in [0, 0.1) is 0 Å². The van der Waals surface area contributed by atoms with E-state index in [2.05, 4.69) is 15.7 Å². The molecule has 0 radical (unpaired) electrons. The number of amides is 2. The Morgan fingerprint density at radius 3 is 2.70 bits per heavy atom. The van der Waals surface area contributed by atoms with Crippen molar-refractivity contribution in [2.24, 2.45) is 5.73 Å². The zero-order valence-electron chi connectivity index (χ0n) is 18.4. The van der Waals surface area contributed by atoms with Crippen molar-refractivity contribution in [2.75, 3.05) is 25.0 Å². The number of benzene rings is 2. The van der Waals surface area contributed by atoms with Crippen molar-refractivity contribution in [1.29, 1.82) is 0 Å². The number of anilines is 1. The summed E-state index contributed by atoms with van der Waals surface area (Å²) < 4.78 is 6.23. The van der Waals surface area contributed by atoms with Gasteiger partial charge in [0.15, 0.2) is 0 Å². The molecule has 0 unspecified atom stereocenters. The minimum Gasteiger partial charge on any atom is -0.450 e. The van der Waals surface area contributed by atoms with Gasteiger partial charge in [-0.05, 0) is 55.8 Å². The average molecular weight is 450 g/mol. The molecule has 2 amide bonds. The third-order valence-electron chi connectivity index (χ3n) is 4.73. The molecule has 0 aliphatic carbocycles. The monoisotopic (exact) mass is 449 g/mol. The number of hydrogen-bond acceptors (Lipinski definition) is 6. The molecule has 33 heavy (non-hydrogen) atoms. The van der Waals surface area contributed by atoms with Gasteiger partial charge in [0.05, 0.1) is 18.8 Å². The van der Waals surface area contributed by atoms with Crippen LogP contribution in [0.15, 0.2) is 65.5 Å². The summed E-state index contributed by atoms with van der Waals surface area (Å²) in [7, 11) is 0. The number of nitrogens with zero attached hydrogens (tertiary/aromatic N) is 2. The summed E-state index contributed by atoms with van der Waals surface area (Å²) in [5.74, 6) is -0.190. The molecular formula is C24H27N5O4. The van der Waals surface area contributed by atoms with E-state index < -0.39 is 6.09 Å². The minimum atomic E-state index is -0.543. The van der Waals surface area contributed by atoms with E-state index in [1.165, 1.54) is 10.7 Å². The van der Waals surface area contributed by atoms with E-state index in [1.54, 1.807) is 49.4 Å². The second kappa shape index (κ2) is 11.6. The molecule has 3 rings (SSSR count). The third kappa shape index (κ3) is 6.75. The van der Waals surface area contributed by atoms with Crippen molar-refractivity contribution in [3.05, 3.63) is 82.1 Å². The Morgan fingerprint density at radius 2 is 1.91 bits per heavy atom. The second-order valence-electron chi connectivity index (χ2n) is 7.24. The molecule has 0 aliphatic rings. The summed E-state index contributed by atoms with van der Waals surface area (Å²) in [6.07, 6.45) is 0.160. The summed E-state index contributed by atoms with van der Waals surface area (Å²) in [5, 5.41) is 9.94. The van der Waals surface area contributed by atoms with Gasteiger partial charge in [-0.1, -0.05) is 24.3 Å². The molecule has 172 valence electrons. The molecule has 0 aliphatic heterocycles. The number of carbonyl (C=O) groups is 2. The fourth-order valence-corrected chi connectivity index (χ4v) is 3.15. The number of ether oxygens (including phenoxy) is 1. The zero-order valence-corrected chi connectivity index (χ0v) is 18.4. The molecule has 4 N–H and O–H groups in total. The van der Waals surface area contributed by atoms with Crippen LogP contribution in [0.3, 0.4) is 0 Å². The van der Waals surface area contributed by atoms with Crippen molar-refractivity contribution in [1.82, 2.24) is 15.1 Å². The van der Waals surface area contributed by atoms with Crippen molar-refractivity contribution in [3.63, 3.8) is 0 Å². The highest BCUT2D eigenvalue weighted by Gasteiger charge is 2.10. The van der Waals surface area contributed by atoms with Crippen LogP contribution >= 0.6 is 0 Å². The molecule has 0 bridgehead atoms. The van der Waals surface area contributed by atoms with Crippen LogP contribution in [0.5, 0.6) is 0 Å². The molecule has 1 heterocycles. The van der Waals surface area contributed by atoms with Crippen LogP contribution in [0.4, 0.5) is 10.5 Å². The lowest BCUT2D eigenvalue weighted by atomic mass is 10.1. The number of nitrogens with two attached hydrogens (primary N) is 1. The number of nitrogens with one attached hydrogen (secondary N) is 2. The molecular weight excluding hydrogens is 422 g/mol. The molecule has 2 aromatic carbocycles. The summed E-state index contributed by atoms with van der Waals surface area (Å²) in [6, 6.07) is 17.2. The Hall–Kier alpha value is -3.98. The number of hydrogen-bond donors (Lipinski definition) is 3. The van der Waals surface area contributed by atoms with Gasteiger partial charge in [-0.15, -0.1) is 0 Å². The van der Waals surface area contributed by atoms with E-state index in [9.17, 15) is 14.4 Å². The predicted molar refractivity (Wildman–Crippen MR) is 126 cm³/mol. The Bertz CT molecular complexity index is 1180. The number of carbonyl (C=O) groups excluding carboxylic acids is 2. The standard InChI is InChI=1S/C24H27N5O4/c1-2-33-24(32)27-20-9-3-6-17(14-20)16-29-22(30)11-10-21(28-29)18-7-4-8-19(15-18)23(31)26-13-5-12-25/h3-4,6-11,14-15H,2,5,12-13,16,25H2,1H3,(H,26,31)(H,27,32). The molecule has 1 aromatic heterocycles. The van der Waals surface area contributed by atoms with E-state index >= 15 is 0 Å². The molecule has 9 heteroatoms. The van der Waals surface area contributed by atoms with Crippen LogP contribution in [0.2, 0.25) is 0 Å². The molecule has 3 aromatic rings. The quantitative estimate of drug-likeness (QED) is 0.431. The largest absolute Gasteiger partial charge is 0.450 e. The van der Waals surface area contributed by atoms with Gasteiger partial charge in [0, 0.05) is 29.4 Å². The summed E-state index contributed by atoms with van der Waals surface area (Å²) in [5.41, 5.74) is 8.32. The van der Waals surface area contributed by atoms with Crippen molar-refractivity contribution >= 4 is 17.7 Å². The number of rotatable bonds is 9. The van der Waals surface area contributed by atoms with Gasteiger partial charge in [-0.3, -0.25) is 14.9 Å². The van der Waals surface area contributed by atoms with Crippen LogP contribution in [-0.2, 0) is 11.3 Å². The highest BCUT2D eigenvalue weighted by Crippen LogP contribution is 2.18. The fraction of sp³-hybridized carbons (Fsp3) is 0.250. The van der Waals surface area contributed by atoms with Gasteiger partial charge in [-0.25, -0.2) is 9.48 Å². The third-order valence-corrected chi connectivity index (χ3v) is 4.73. The fourth-order valence-electron chi connectivity index (χ4n) is 3.15.